The van der Waals surface area contributed by atoms with Gasteiger partial charge < -0.3 is 24.5 Å². The monoisotopic (exact) mass is 332 g/mol. The molecule has 1 aromatic heterocycles. The highest BCUT2D eigenvalue weighted by atomic mass is 16.5. The van der Waals surface area contributed by atoms with Gasteiger partial charge in [-0.05, 0) is 24.1 Å². The third-order valence-electron chi connectivity index (χ3n) is 4.34. The van der Waals surface area contributed by atoms with Gasteiger partial charge in [0.05, 0.1) is 18.8 Å². The van der Waals surface area contributed by atoms with Gasteiger partial charge in [-0.25, -0.2) is 0 Å². The maximum atomic E-state index is 12.2. The lowest BCUT2D eigenvalue weighted by atomic mass is 9.89. The fourth-order valence-electron chi connectivity index (χ4n) is 2.94. The molecule has 0 fully saturated rings. The molecule has 1 aliphatic carbocycles. The molecule has 24 heavy (non-hydrogen) atoms. The van der Waals surface area contributed by atoms with E-state index in [9.17, 15) is 20.1 Å². The Labute approximate surface area is 138 Å². The van der Waals surface area contributed by atoms with E-state index in [0.717, 1.165) is 11.3 Å². The zero-order chi connectivity index (χ0) is 17.3. The molecule has 1 aliphatic rings. The summed E-state index contributed by atoms with van der Waals surface area (Å²) < 4.78 is 10.8. The van der Waals surface area contributed by atoms with Crippen LogP contribution in [0.4, 0.5) is 0 Å². The minimum absolute atomic E-state index is 0.0131. The summed E-state index contributed by atoms with van der Waals surface area (Å²) in [5.41, 5.74) is 0.743. The quantitative estimate of drug-likeness (QED) is 0.764. The first-order valence-corrected chi connectivity index (χ1v) is 7.82. The molecule has 0 amide bonds. The van der Waals surface area contributed by atoms with Crippen LogP contribution in [0, 0.1) is 0 Å². The van der Waals surface area contributed by atoms with E-state index in [1.54, 1.807) is 7.11 Å². The van der Waals surface area contributed by atoms with Gasteiger partial charge in [-0.1, -0.05) is 12.1 Å². The molecule has 6 heteroatoms. The van der Waals surface area contributed by atoms with Crippen LogP contribution in [0.25, 0.3) is 0 Å². The van der Waals surface area contributed by atoms with E-state index >= 15 is 0 Å². The van der Waals surface area contributed by atoms with E-state index in [1.165, 1.54) is 6.07 Å². The van der Waals surface area contributed by atoms with Gasteiger partial charge in [0.15, 0.2) is 5.43 Å². The second-order valence-corrected chi connectivity index (χ2v) is 5.97. The lowest BCUT2D eigenvalue weighted by Gasteiger charge is -2.29. The van der Waals surface area contributed by atoms with Gasteiger partial charge in [0.25, 0.3) is 0 Å². The first-order valence-electron chi connectivity index (χ1n) is 7.82. The van der Waals surface area contributed by atoms with Crippen LogP contribution in [0.1, 0.15) is 28.8 Å². The zero-order valence-electron chi connectivity index (χ0n) is 13.3. The van der Waals surface area contributed by atoms with E-state index in [4.69, 9.17) is 9.15 Å². The lowest BCUT2D eigenvalue weighted by Crippen LogP contribution is -2.41. The molecule has 6 nitrogen and oxygen atoms in total. The van der Waals surface area contributed by atoms with E-state index in [1.807, 2.05) is 24.3 Å². The number of methoxy groups -OCH3 is 1. The Bertz CT molecular complexity index is 764. The highest BCUT2D eigenvalue weighted by Crippen LogP contribution is 2.28. The minimum atomic E-state index is -1.42. The van der Waals surface area contributed by atoms with Gasteiger partial charge in [-0.2, -0.15) is 0 Å². The maximum Gasteiger partial charge on any atom is 0.191 e. The van der Waals surface area contributed by atoms with Crippen molar-refractivity contribution in [2.75, 3.05) is 7.11 Å². The summed E-state index contributed by atoms with van der Waals surface area (Å²) in [7, 11) is 1.61. The van der Waals surface area contributed by atoms with Crippen LogP contribution in [0.2, 0.25) is 0 Å². The molecule has 3 atom stereocenters. The average molecular weight is 332 g/mol. The summed E-state index contributed by atoms with van der Waals surface area (Å²) in [4.78, 5) is 12.2. The molecule has 0 spiro atoms. The van der Waals surface area contributed by atoms with Crippen molar-refractivity contribution in [1.29, 1.82) is 0 Å². The van der Waals surface area contributed by atoms with E-state index in [-0.39, 0.29) is 23.2 Å². The van der Waals surface area contributed by atoms with Crippen molar-refractivity contribution < 1.29 is 24.5 Å². The van der Waals surface area contributed by atoms with Crippen molar-refractivity contribution in [2.45, 2.75) is 37.6 Å². The van der Waals surface area contributed by atoms with Gasteiger partial charge in [0, 0.05) is 18.9 Å². The Morgan fingerprint density at radius 1 is 1.17 bits per heavy atom. The first-order chi connectivity index (χ1) is 11.5. The number of aliphatic hydroxyl groups excluding tert-OH is 3. The van der Waals surface area contributed by atoms with Gasteiger partial charge in [-0.15, -0.1) is 0 Å². The third-order valence-corrected chi connectivity index (χ3v) is 4.34. The van der Waals surface area contributed by atoms with Gasteiger partial charge in [-0.3, -0.25) is 4.79 Å². The molecule has 1 heterocycles. The molecule has 0 unspecified atom stereocenters. The first kappa shape index (κ1) is 16.7. The molecule has 0 radical (unpaired) electrons. The van der Waals surface area contributed by atoms with Crippen molar-refractivity contribution in [3.05, 3.63) is 63.2 Å². The van der Waals surface area contributed by atoms with E-state index in [0.29, 0.717) is 18.6 Å². The molecule has 0 saturated carbocycles. The largest absolute Gasteiger partial charge is 0.497 e. The molecule has 3 N–H and O–H groups in total. The number of rotatable bonds is 4. The van der Waals surface area contributed by atoms with Crippen LogP contribution in [0.5, 0.6) is 5.75 Å². The summed E-state index contributed by atoms with van der Waals surface area (Å²) in [6, 6.07) is 8.97. The van der Waals surface area contributed by atoms with E-state index < -0.39 is 18.3 Å². The van der Waals surface area contributed by atoms with Crippen LogP contribution in [-0.4, -0.2) is 34.6 Å². The summed E-state index contributed by atoms with van der Waals surface area (Å²) in [6.45, 7) is 0. The van der Waals surface area contributed by atoms with E-state index in [2.05, 4.69) is 0 Å². The smallest absolute Gasteiger partial charge is 0.191 e. The summed E-state index contributed by atoms with van der Waals surface area (Å²) >= 11 is 0. The average Bonchev–Trinajstić information content (AvgIpc) is 2.58. The highest BCUT2D eigenvalue weighted by Gasteiger charge is 2.36. The summed E-state index contributed by atoms with van der Waals surface area (Å²) in [5.74, 6) is 1.52. The number of aryl methyl sites for hydroxylation is 2. The molecule has 1 aromatic carbocycles. The maximum absolute atomic E-state index is 12.2. The molecule has 0 saturated heterocycles. The van der Waals surface area contributed by atoms with Crippen molar-refractivity contribution in [3.8, 4) is 5.75 Å². The van der Waals surface area contributed by atoms with Crippen LogP contribution in [-0.2, 0) is 19.3 Å². The Balaban J connectivity index is 1.79. The Morgan fingerprint density at radius 2 is 1.88 bits per heavy atom. The SMILES string of the molecule is COc1ccc(CCc2cc(=O)c3c(o2)C[C@H](O)[C@@H](O)[C@H]3O)cc1. The standard InChI is InChI=1S/C18H20O6/c1-23-11-5-2-10(3-6-11)4-7-12-8-13(19)16-15(24-12)9-14(20)17(21)18(16)22/h2-3,5-6,8,14,17-18,20-22H,4,7,9H2,1H3/t14-,17+,18-/m0/s1. The number of hydrogen-bond acceptors (Lipinski definition) is 6. The van der Waals surface area contributed by atoms with Crippen molar-refractivity contribution in [2.24, 2.45) is 0 Å². The van der Waals surface area contributed by atoms with Crippen LogP contribution in [0.15, 0.2) is 39.5 Å². The summed E-state index contributed by atoms with van der Waals surface area (Å²) in [6.07, 6.45) is -2.73. The van der Waals surface area contributed by atoms with Gasteiger partial charge in [0.2, 0.25) is 0 Å². The number of hydrogen-bond donors (Lipinski definition) is 3. The normalized spacial score (nSPS) is 22.9. The molecule has 128 valence electrons. The predicted molar refractivity (Wildman–Crippen MR) is 86.1 cm³/mol. The second kappa shape index (κ2) is 6.76. The van der Waals surface area contributed by atoms with Crippen LogP contribution >= 0.6 is 0 Å². The molecule has 0 aliphatic heterocycles. The molecular weight excluding hydrogens is 312 g/mol. The van der Waals surface area contributed by atoms with Gasteiger partial charge >= 0.3 is 0 Å². The lowest BCUT2D eigenvalue weighted by molar-refractivity contribution is -0.0732. The number of benzene rings is 1. The fraction of sp³-hybridized carbons (Fsp3) is 0.389. The van der Waals surface area contributed by atoms with Crippen LogP contribution < -0.4 is 10.2 Å². The number of fused-ring (bicyclic) bond motifs is 1. The van der Waals surface area contributed by atoms with Crippen molar-refractivity contribution >= 4 is 0 Å². The second-order valence-electron chi connectivity index (χ2n) is 5.97. The van der Waals surface area contributed by atoms with Gasteiger partial charge in [0.1, 0.15) is 29.5 Å². The number of aliphatic hydroxyl groups is 3. The molecule has 0 bridgehead atoms. The number of ether oxygens (including phenoxy) is 1. The topological polar surface area (TPSA) is 100 Å². The predicted octanol–water partition coefficient (Wildman–Crippen LogP) is 0.745. The zero-order valence-corrected chi connectivity index (χ0v) is 13.3. The van der Waals surface area contributed by atoms with Crippen molar-refractivity contribution in [3.63, 3.8) is 0 Å². The fourth-order valence-corrected chi connectivity index (χ4v) is 2.94. The Hall–Kier alpha value is -2.15. The Kier molecular flexibility index (Phi) is 4.71. The highest BCUT2D eigenvalue weighted by molar-refractivity contribution is 5.29. The Morgan fingerprint density at radius 3 is 2.54 bits per heavy atom. The minimum Gasteiger partial charge on any atom is -0.497 e. The molecule has 3 rings (SSSR count). The molecular formula is C18H20O6. The molecule has 2 aromatic rings. The summed E-state index contributed by atoms with van der Waals surface area (Å²) in [5, 5.41) is 29.4. The van der Waals surface area contributed by atoms with Crippen molar-refractivity contribution in [1.82, 2.24) is 0 Å². The van der Waals surface area contributed by atoms with Crippen LogP contribution in [0.3, 0.4) is 0 Å². The third kappa shape index (κ3) is 3.21.